The second kappa shape index (κ2) is 5.64. The van der Waals surface area contributed by atoms with E-state index in [9.17, 15) is 13.2 Å². The number of benzene rings is 1. The highest BCUT2D eigenvalue weighted by molar-refractivity contribution is 5.48. The highest BCUT2D eigenvalue weighted by Crippen LogP contribution is 2.27. The van der Waals surface area contributed by atoms with Crippen LogP contribution in [0.1, 0.15) is 25.7 Å². The molecule has 0 spiro atoms. The van der Waals surface area contributed by atoms with Crippen LogP contribution in [-0.2, 0) is 0 Å². The standard InChI is InChI=1S/C15H19F3N2/c16-12-8-14(18)15(9-13(12)17)20-7-3-6-19-5-2-1-4-11(19)10-20/h8-9,11H,1-7,10H2. The second-order valence-corrected chi connectivity index (χ2v) is 5.70. The lowest BCUT2D eigenvalue weighted by atomic mass is 10.0. The zero-order valence-electron chi connectivity index (χ0n) is 11.4. The third-order valence-electron chi connectivity index (χ3n) is 4.38. The van der Waals surface area contributed by atoms with E-state index in [-0.39, 0.29) is 5.69 Å². The van der Waals surface area contributed by atoms with Crippen molar-refractivity contribution in [2.45, 2.75) is 31.7 Å². The molecule has 0 aliphatic carbocycles. The van der Waals surface area contributed by atoms with Crippen LogP contribution in [0.15, 0.2) is 12.1 Å². The fourth-order valence-electron chi connectivity index (χ4n) is 3.34. The van der Waals surface area contributed by atoms with Gasteiger partial charge in [-0.25, -0.2) is 13.2 Å². The minimum atomic E-state index is -1.12. The van der Waals surface area contributed by atoms with E-state index in [1.165, 1.54) is 12.8 Å². The summed E-state index contributed by atoms with van der Waals surface area (Å²) < 4.78 is 40.3. The fourth-order valence-corrected chi connectivity index (χ4v) is 3.34. The Hall–Kier alpha value is -1.23. The molecule has 0 saturated carbocycles. The smallest absolute Gasteiger partial charge is 0.161 e. The van der Waals surface area contributed by atoms with E-state index in [1.807, 2.05) is 4.90 Å². The van der Waals surface area contributed by atoms with Crippen molar-refractivity contribution in [2.75, 3.05) is 31.1 Å². The molecule has 5 heteroatoms. The highest BCUT2D eigenvalue weighted by atomic mass is 19.2. The van der Waals surface area contributed by atoms with Crippen molar-refractivity contribution in [1.29, 1.82) is 0 Å². The van der Waals surface area contributed by atoms with Crippen LogP contribution in [-0.4, -0.2) is 37.1 Å². The monoisotopic (exact) mass is 284 g/mol. The lowest BCUT2D eigenvalue weighted by Gasteiger charge is -2.35. The molecule has 2 fully saturated rings. The SMILES string of the molecule is Fc1cc(F)c(N2CCCN3CCCCC3C2)cc1F. The van der Waals surface area contributed by atoms with Crippen molar-refractivity contribution in [1.82, 2.24) is 4.90 Å². The third kappa shape index (κ3) is 2.64. The molecule has 3 rings (SSSR count). The van der Waals surface area contributed by atoms with Crippen LogP contribution in [0.4, 0.5) is 18.9 Å². The summed E-state index contributed by atoms with van der Waals surface area (Å²) in [5, 5.41) is 0. The Morgan fingerprint density at radius 2 is 1.60 bits per heavy atom. The van der Waals surface area contributed by atoms with Gasteiger partial charge in [0, 0.05) is 37.8 Å². The first-order valence-electron chi connectivity index (χ1n) is 7.28. The van der Waals surface area contributed by atoms with Gasteiger partial charge in [-0.1, -0.05) is 6.42 Å². The quantitative estimate of drug-likeness (QED) is 0.731. The van der Waals surface area contributed by atoms with Gasteiger partial charge in [-0.15, -0.1) is 0 Å². The van der Waals surface area contributed by atoms with Gasteiger partial charge in [0.2, 0.25) is 0 Å². The molecule has 110 valence electrons. The molecule has 1 atom stereocenters. The van der Waals surface area contributed by atoms with Crippen LogP contribution in [0, 0.1) is 17.5 Å². The average molecular weight is 284 g/mol. The van der Waals surface area contributed by atoms with Crippen molar-refractivity contribution in [3.05, 3.63) is 29.6 Å². The number of anilines is 1. The van der Waals surface area contributed by atoms with Crippen molar-refractivity contribution in [3.63, 3.8) is 0 Å². The zero-order chi connectivity index (χ0) is 14.1. The van der Waals surface area contributed by atoms with E-state index >= 15 is 0 Å². The summed E-state index contributed by atoms with van der Waals surface area (Å²) in [5.41, 5.74) is 0.191. The first kappa shape index (κ1) is 13.7. The van der Waals surface area contributed by atoms with Gasteiger partial charge >= 0.3 is 0 Å². The van der Waals surface area contributed by atoms with Gasteiger partial charge in [0.15, 0.2) is 11.6 Å². The fraction of sp³-hybridized carbons (Fsp3) is 0.600. The second-order valence-electron chi connectivity index (χ2n) is 5.70. The normalized spacial score (nSPS) is 24.4. The molecule has 1 aromatic carbocycles. The van der Waals surface area contributed by atoms with E-state index in [2.05, 4.69) is 4.90 Å². The molecule has 2 aliphatic rings. The first-order valence-corrected chi connectivity index (χ1v) is 7.28. The first-order chi connectivity index (χ1) is 9.65. The summed E-state index contributed by atoms with van der Waals surface area (Å²) in [4.78, 5) is 4.31. The Morgan fingerprint density at radius 3 is 2.45 bits per heavy atom. The summed E-state index contributed by atoms with van der Waals surface area (Å²) in [5.74, 6) is -2.78. The maximum Gasteiger partial charge on any atom is 0.161 e. The molecule has 1 unspecified atom stereocenters. The average Bonchev–Trinajstić information content (AvgIpc) is 2.65. The van der Waals surface area contributed by atoms with Crippen LogP contribution in [0.2, 0.25) is 0 Å². The topological polar surface area (TPSA) is 6.48 Å². The largest absolute Gasteiger partial charge is 0.367 e. The summed E-state index contributed by atoms with van der Waals surface area (Å²) in [6, 6.07) is 2.04. The molecule has 0 bridgehead atoms. The summed E-state index contributed by atoms with van der Waals surface area (Å²) in [7, 11) is 0. The number of fused-ring (bicyclic) bond motifs is 1. The lowest BCUT2D eigenvalue weighted by molar-refractivity contribution is 0.162. The molecule has 2 nitrogen and oxygen atoms in total. The van der Waals surface area contributed by atoms with E-state index in [1.54, 1.807) is 0 Å². The van der Waals surface area contributed by atoms with Gasteiger partial charge in [0.05, 0.1) is 5.69 Å². The van der Waals surface area contributed by atoms with Crippen LogP contribution >= 0.6 is 0 Å². The third-order valence-corrected chi connectivity index (χ3v) is 4.38. The zero-order valence-corrected chi connectivity index (χ0v) is 11.4. The molecule has 2 heterocycles. The lowest BCUT2D eigenvalue weighted by Crippen LogP contribution is -2.44. The van der Waals surface area contributed by atoms with Crippen molar-refractivity contribution in [3.8, 4) is 0 Å². The Balaban J connectivity index is 1.84. The molecule has 0 N–H and O–H groups in total. The van der Waals surface area contributed by atoms with E-state index in [0.29, 0.717) is 25.2 Å². The molecule has 0 radical (unpaired) electrons. The molecule has 2 saturated heterocycles. The Bertz CT molecular complexity index is 492. The predicted molar refractivity (Wildman–Crippen MR) is 72.4 cm³/mol. The molecule has 0 amide bonds. The Labute approximate surface area is 117 Å². The van der Waals surface area contributed by atoms with Gasteiger partial charge in [-0.2, -0.15) is 0 Å². The maximum atomic E-state index is 13.9. The molecule has 20 heavy (non-hydrogen) atoms. The van der Waals surface area contributed by atoms with Gasteiger partial charge in [-0.05, 0) is 25.8 Å². The minimum Gasteiger partial charge on any atom is -0.367 e. The molecular formula is C15H19F3N2. The van der Waals surface area contributed by atoms with Gasteiger partial charge in [-0.3, -0.25) is 4.90 Å². The molecule has 2 aliphatic heterocycles. The molecule has 0 aromatic heterocycles. The van der Waals surface area contributed by atoms with Crippen LogP contribution in [0.25, 0.3) is 0 Å². The number of nitrogens with zero attached hydrogens (tertiary/aromatic N) is 2. The van der Waals surface area contributed by atoms with Crippen LogP contribution in [0.3, 0.4) is 0 Å². The maximum absolute atomic E-state index is 13.9. The van der Waals surface area contributed by atoms with E-state index in [4.69, 9.17) is 0 Å². The highest BCUT2D eigenvalue weighted by Gasteiger charge is 2.28. The number of hydrogen-bond acceptors (Lipinski definition) is 2. The number of halogens is 3. The number of piperidine rings is 1. The Morgan fingerprint density at radius 1 is 0.850 bits per heavy atom. The van der Waals surface area contributed by atoms with E-state index < -0.39 is 17.5 Å². The van der Waals surface area contributed by atoms with Gasteiger partial charge in [0.25, 0.3) is 0 Å². The Kier molecular flexibility index (Phi) is 3.87. The minimum absolute atomic E-state index is 0.191. The van der Waals surface area contributed by atoms with Crippen LogP contribution < -0.4 is 4.90 Å². The van der Waals surface area contributed by atoms with Crippen molar-refractivity contribution >= 4 is 5.69 Å². The summed E-state index contributed by atoms with van der Waals surface area (Å²) in [6.45, 7) is 3.49. The number of rotatable bonds is 1. The molecular weight excluding hydrogens is 265 g/mol. The van der Waals surface area contributed by atoms with Gasteiger partial charge in [0.1, 0.15) is 5.82 Å². The number of hydrogen-bond donors (Lipinski definition) is 0. The van der Waals surface area contributed by atoms with E-state index in [0.717, 1.165) is 32.0 Å². The van der Waals surface area contributed by atoms with Gasteiger partial charge < -0.3 is 4.90 Å². The predicted octanol–water partition coefficient (Wildman–Crippen LogP) is 3.17. The molecule has 1 aromatic rings. The summed E-state index contributed by atoms with van der Waals surface area (Å²) >= 11 is 0. The van der Waals surface area contributed by atoms with Crippen LogP contribution in [0.5, 0.6) is 0 Å². The summed E-state index contributed by atoms with van der Waals surface area (Å²) in [6.07, 6.45) is 4.43. The van der Waals surface area contributed by atoms with Crippen molar-refractivity contribution in [2.24, 2.45) is 0 Å². The van der Waals surface area contributed by atoms with Crippen molar-refractivity contribution < 1.29 is 13.2 Å².